The second-order valence-corrected chi connectivity index (χ2v) is 5.53. The third-order valence-corrected chi connectivity index (χ3v) is 3.54. The zero-order valence-electron chi connectivity index (χ0n) is 11.5. The fourth-order valence-corrected chi connectivity index (χ4v) is 2.24. The van der Waals surface area contributed by atoms with Crippen LogP contribution in [0.4, 0.5) is 18.9 Å². The number of rotatable bonds is 4. The smallest absolute Gasteiger partial charge is 0.369 e. The zero-order valence-corrected chi connectivity index (χ0v) is 11.5. The van der Waals surface area contributed by atoms with Crippen molar-refractivity contribution in [3.05, 3.63) is 29.3 Å². The van der Waals surface area contributed by atoms with E-state index in [0.717, 1.165) is 25.5 Å². The molecule has 0 atom stereocenters. The van der Waals surface area contributed by atoms with Crippen molar-refractivity contribution < 1.29 is 13.2 Å². The molecule has 2 rings (SSSR count). The third-order valence-electron chi connectivity index (χ3n) is 3.54. The van der Waals surface area contributed by atoms with Crippen LogP contribution in [0.1, 0.15) is 37.8 Å². The minimum atomic E-state index is -4.50. The summed E-state index contributed by atoms with van der Waals surface area (Å²) in [7, 11) is 0. The fraction of sp³-hybridized carbons (Fsp3) is 0.533. The molecule has 0 aromatic heterocycles. The molecule has 0 spiro atoms. The number of benzene rings is 1. The molecule has 1 aliphatic rings. The van der Waals surface area contributed by atoms with E-state index in [1.54, 1.807) is 12.1 Å². The molecule has 1 saturated carbocycles. The van der Waals surface area contributed by atoms with Crippen LogP contribution >= 0.6 is 0 Å². The van der Waals surface area contributed by atoms with Gasteiger partial charge in [-0.25, -0.2) is 0 Å². The quantitative estimate of drug-likeness (QED) is 0.827. The Morgan fingerprint density at radius 2 is 2.00 bits per heavy atom. The molecular formula is C15H17F3N2. The summed E-state index contributed by atoms with van der Waals surface area (Å²) in [5, 5.41) is 8.81. The van der Waals surface area contributed by atoms with E-state index >= 15 is 0 Å². The van der Waals surface area contributed by atoms with Gasteiger partial charge in [0.15, 0.2) is 0 Å². The maximum absolute atomic E-state index is 13.0. The van der Waals surface area contributed by atoms with Crippen LogP contribution in [0.25, 0.3) is 0 Å². The molecule has 0 radical (unpaired) electrons. The summed E-state index contributed by atoms with van der Waals surface area (Å²) >= 11 is 0. The Balaban J connectivity index is 2.38. The Kier molecular flexibility index (Phi) is 3.94. The molecule has 5 heteroatoms. The van der Waals surface area contributed by atoms with Gasteiger partial charge in [0.1, 0.15) is 0 Å². The van der Waals surface area contributed by atoms with Crippen LogP contribution in [-0.2, 0) is 6.18 Å². The number of halogens is 3. The van der Waals surface area contributed by atoms with Gasteiger partial charge >= 0.3 is 6.18 Å². The van der Waals surface area contributed by atoms with Crippen molar-refractivity contribution in [2.24, 2.45) is 5.92 Å². The van der Waals surface area contributed by atoms with E-state index in [0.29, 0.717) is 11.6 Å². The van der Waals surface area contributed by atoms with E-state index in [9.17, 15) is 13.2 Å². The lowest BCUT2D eigenvalue weighted by Crippen LogP contribution is -2.33. The minimum absolute atomic E-state index is 0.129. The van der Waals surface area contributed by atoms with Gasteiger partial charge in [0.05, 0.1) is 17.2 Å². The van der Waals surface area contributed by atoms with Crippen LogP contribution in [0.5, 0.6) is 0 Å². The summed E-state index contributed by atoms with van der Waals surface area (Å²) in [4.78, 5) is 1.98. The summed E-state index contributed by atoms with van der Waals surface area (Å²) in [5.41, 5.74) is -0.631. The van der Waals surface area contributed by atoms with Gasteiger partial charge in [0.2, 0.25) is 0 Å². The molecule has 0 unspecified atom stereocenters. The van der Waals surface area contributed by atoms with Crippen molar-refractivity contribution >= 4 is 5.69 Å². The summed E-state index contributed by atoms with van der Waals surface area (Å²) < 4.78 is 39.0. The minimum Gasteiger partial charge on any atom is -0.369 e. The lowest BCUT2D eigenvalue weighted by atomic mass is 10.1. The van der Waals surface area contributed by atoms with Crippen LogP contribution in [-0.4, -0.2) is 12.6 Å². The first-order valence-corrected chi connectivity index (χ1v) is 6.71. The van der Waals surface area contributed by atoms with E-state index in [-0.39, 0.29) is 11.6 Å². The highest BCUT2D eigenvalue weighted by Crippen LogP contribution is 2.36. The summed E-state index contributed by atoms with van der Waals surface area (Å²) in [5.74, 6) is 0.586. The lowest BCUT2D eigenvalue weighted by Gasteiger charge is -2.30. The average molecular weight is 282 g/mol. The highest BCUT2D eigenvalue weighted by Gasteiger charge is 2.35. The van der Waals surface area contributed by atoms with Gasteiger partial charge in [0.25, 0.3) is 0 Å². The van der Waals surface area contributed by atoms with Crippen molar-refractivity contribution in [2.75, 3.05) is 11.4 Å². The standard InChI is InChI=1S/C15H17F3N2/c1-10(2)20(9-11-3-4-11)13-6-5-12(8-19)14(7-13)15(16,17)18/h5-7,10-11H,3-4,9H2,1-2H3. The highest BCUT2D eigenvalue weighted by atomic mass is 19.4. The molecule has 0 aliphatic heterocycles. The van der Waals surface area contributed by atoms with Crippen molar-refractivity contribution in [1.29, 1.82) is 5.26 Å². The number of anilines is 1. The van der Waals surface area contributed by atoms with Crippen LogP contribution < -0.4 is 4.90 Å². The highest BCUT2D eigenvalue weighted by molar-refractivity contribution is 5.55. The van der Waals surface area contributed by atoms with Gasteiger partial charge in [-0.15, -0.1) is 0 Å². The van der Waals surface area contributed by atoms with Crippen LogP contribution in [0.15, 0.2) is 18.2 Å². The molecule has 1 aromatic rings. The van der Waals surface area contributed by atoms with E-state index in [4.69, 9.17) is 5.26 Å². The second-order valence-electron chi connectivity index (χ2n) is 5.53. The molecule has 1 aliphatic carbocycles. The zero-order chi connectivity index (χ0) is 14.9. The van der Waals surface area contributed by atoms with Crippen LogP contribution in [0.3, 0.4) is 0 Å². The van der Waals surface area contributed by atoms with Crippen molar-refractivity contribution in [2.45, 2.75) is 38.9 Å². The largest absolute Gasteiger partial charge is 0.417 e. The molecule has 0 saturated heterocycles. The van der Waals surface area contributed by atoms with Gasteiger partial charge in [-0.3, -0.25) is 0 Å². The van der Waals surface area contributed by atoms with E-state index in [1.807, 2.05) is 18.7 Å². The molecular weight excluding hydrogens is 265 g/mol. The normalized spacial score (nSPS) is 15.2. The maximum atomic E-state index is 13.0. The Bertz CT molecular complexity index is 525. The second kappa shape index (κ2) is 5.35. The molecule has 0 amide bonds. The van der Waals surface area contributed by atoms with Gasteiger partial charge < -0.3 is 4.90 Å². The Morgan fingerprint density at radius 3 is 2.45 bits per heavy atom. The monoisotopic (exact) mass is 282 g/mol. The number of nitriles is 1. The van der Waals surface area contributed by atoms with E-state index < -0.39 is 11.7 Å². The molecule has 1 fully saturated rings. The van der Waals surface area contributed by atoms with Gasteiger partial charge in [-0.05, 0) is 50.8 Å². The van der Waals surface area contributed by atoms with Crippen molar-refractivity contribution in [1.82, 2.24) is 0 Å². The molecule has 1 aromatic carbocycles. The van der Waals surface area contributed by atoms with E-state index in [1.165, 1.54) is 6.07 Å². The van der Waals surface area contributed by atoms with Crippen molar-refractivity contribution in [3.8, 4) is 6.07 Å². The third kappa shape index (κ3) is 3.24. The fourth-order valence-electron chi connectivity index (χ4n) is 2.24. The first kappa shape index (κ1) is 14.7. The summed E-state index contributed by atoms with van der Waals surface area (Å²) in [6.07, 6.45) is -2.21. The van der Waals surface area contributed by atoms with Gasteiger partial charge in [0, 0.05) is 18.3 Å². The van der Waals surface area contributed by atoms with Crippen LogP contribution in [0, 0.1) is 17.2 Å². The SMILES string of the molecule is CC(C)N(CC1CC1)c1ccc(C#N)c(C(F)(F)F)c1. The predicted molar refractivity (Wildman–Crippen MR) is 71.4 cm³/mol. The predicted octanol–water partition coefficient (Wildman–Crippen LogP) is 4.20. The molecule has 0 N–H and O–H groups in total. The lowest BCUT2D eigenvalue weighted by molar-refractivity contribution is -0.137. The van der Waals surface area contributed by atoms with E-state index in [2.05, 4.69) is 0 Å². The van der Waals surface area contributed by atoms with Gasteiger partial charge in [-0.2, -0.15) is 18.4 Å². The van der Waals surface area contributed by atoms with Crippen molar-refractivity contribution in [3.63, 3.8) is 0 Å². The molecule has 20 heavy (non-hydrogen) atoms. The number of alkyl halides is 3. The molecule has 2 nitrogen and oxygen atoms in total. The summed E-state index contributed by atoms with van der Waals surface area (Å²) in [6, 6.07) is 5.71. The average Bonchev–Trinajstić information content (AvgIpc) is 3.17. The first-order chi connectivity index (χ1) is 9.32. The summed E-state index contributed by atoms with van der Waals surface area (Å²) in [6.45, 7) is 4.71. The Labute approximate surface area is 116 Å². The molecule has 0 bridgehead atoms. The molecule has 108 valence electrons. The Hall–Kier alpha value is -1.70. The topological polar surface area (TPSA) is 27.0 Å². The number of nitrogens with zero attached hydrogens (tertiary/aromatic N) is 2. The number of hydrogen-bond acceptors (Lipinski definition) is 2. The first-order valence-electron chi connectivity index (χ1n) is 6.71. The molecule has 0 heterocycles. The van der Waals surface area contributed by atoms with Gasteiger partial charge in [-0.1, -0.05) is 0 Å². The Morgan fingerprint density at radius 1 is 1.35 bits per heavy atom. The van der Waals surface area contributed by atoms with Crippen LogP contribution in [0.2, 0.25) is 0 Å². The number of hydrogen-bond donors (Lipinski definition) is 0. The maximum Gasteiger partial charge on any atom is 0.417 e.